The van der Waals surface area contributed by atoms with Gasteiger partial charge < -0.3 is 20.5 Å². The average Bonchev–Trinajstić information content (AvgIpc) is 2.66. The molecule has 0 spiro atoms. The van der Waals surface area contributed by atoms with Crippen molar-refractivity contribution in [2.24, 2.45) is 5.73 Å². The molecule has 90 valence electrons. The average molecular weight is 228 g/mol. The number of nitrogens with zero attached hydrogens (tertiary/aromatic N) is 1. The fourth-order valence-electron chi connectivity index (χ4n) is 1.52. The third kappa shape index (κ3) is 3.23. The number of amides is 1. The quantitative estimate of drug-likeness (QED) is 0.529. The smallest absolute Gasteiger partial charge is 0.407 e. The Kier molecular flexibility index (Phi) is 4.30. The minimum atomic E-state index is -0.962. The van der Waals surface area contributed by atoms with Crippen LogP contribution in [0, 0.1) is 0 Å². The number of esters is 1. The summed E-state index contributed by atoms with van der Waals surface area (Å²) in [7, 11) is 0. The Labute approximate surface area is 93.7 Å². The van der Waals surface area contributed by atoms with E-state index in [1.807, 2.05) is 0 Å². The van der Waals surface area contributed by atoms with Crippen molar-refractivity contribution < 1.29 is 19.4 Å². The van der Waals surface area contributed by atoms with Gasteiger partial charge in [-0.3, -0.25) is 4.79 Å². The van der Waals surface area contributed by atoms with Gasteiger partial charge in [-0.05, 0) is 13.3 Å². The van der Waals surface area contributed by atoms with Gasteiger partial charge in [0.1, 0.15) is 6.04 Å². The fraction of sp³-hybridized carbons (Fsp3) is 0.600. The number of ether oxygens (including phenoxy) is 1. The molecule has 0 aromatic heterocycles. The van der Waals surface area contributed by atoms with Crippen LogP contribution in [0.1, 0.15) is 13.3 Å². The molecule has 1 aliphatic heterocycles. The zero-order chi connectivity index (χ0) is 12.1. The van der Waals surface area contributed by atoms with E-state index in [2.05, 4.69) is 0 Å². The first-order valence-electron chi connectivity index (χ1n) is 5.12. The molecule has 1 unspecified atom stereocenters. The number of nitrogens with two attached hydrogens (primary N) is 1. The van der Waals surface area contributed by atoms with Crippen LogP contribution in [0.5, 0.6) is 0 Å². The van der Waals surface area contributed by atoms with E-state index in [1.54, 1.807) is 13.0 Å². The molecule has 0 aromatic carbocycles. The maximum absolute atomic E-state index is 11.2. The van der Waals surface area contributed by atoms with E-state index in [-0.39, 0.29) is 0 Å². The second-order valence-corrected chi connectivity index (χ2v) is 3.59. The van der Waals surface area contributed by atoms with Crippen molar-refractivity contribution >= 4 is 12.1 Å². The number of hydrogen-bond donors (Lipinski definition) is 2. The van der Waals surface area contributed by atoms with Gasteiger partial charge in [0.25, 0.3) is 0 Å². The minimum Gasteiger partial charge on any atom is -0.465 e. The van der Waals surface area contributed by atoms with Gasteiger partial charge in [-0.1, -0.05) is 11.6 Å². The highest BCUT2D eigenvalue weighted by Gasteiger charge is 2.22. The van der Waals surface area contributed by atoms with Crippen LogP contribution < -0.4 is 5.73 Å². The lowest BCUT2D eigenvalue weighted by atomic mass is 10.1. The summed E-state index contributed by atoms with van der Waals surface area (Å²) < 4.78 is 4.77. The molecule has 6 nitrogen and oxygen atoms in total. The second kappa shape index (κ2) is 5.50. The van der Waals surface area contributed by atoms with E-state index in [9.17, 15) is 9.59 Å². The summed E-state index contributed by atoms with van der Waals surface area (Å²) in [5, 5.41) is 8.73. The van der Waals surface area contributed by atoms with Crippen molar-refractivity contribution in [3.63, 3.8) is 0 Å². The Hall–Kier alpha value is -1.56. The van der Waals surface area contributed by atoms with Crippen molar-refractivity contribution in [2.75, 3.05) is 19.7 Å². The Morgan fingerprint density at radius 2 is 2.38 bits per heavy atom. The van der Waals surface area contributed by atoms with Crippen molar-refractivity contribution in [2.45, 2.75) is 19.4 Å². The summed E-state index contributed by atoms with van der Waals surface area (Å²) in [4.78, 5) is 23.1. The van der Waals surface area contributed by atoms with E-state index in [4.69, 9.17) is 15.6 Å². The standard InChI is InChI=1S/C10H16N2O4/c1-2-16-9(13)8(11)5-7-3-4-12(6-7)10(14)15/h3,8H,2,4-6,11H2,1H3,(H,14,15). The third-order valence-corrected chi connectivity index (χ3v) is 2.34. The molecule has 1 atom stereocenters. The molecule has 1 aliphatic rings. The molecule has 0 bridgehead atoms. The highest BCUT2D eigenvalue weighted by Crippen LogP contribution is 2.14. The van der Waals surface area contributed by atoms with Crippen molar-refractivity contribution in [3.8, 4) is 0 Å². The summed E-state index contributed by atoms with van der Waals surface area (Å²) in [5.41, 5.74) is 6.49. The summed E-state index contributed by atoms with van der Waals surface area (Å²) >= 11 is 0. The molecule has 0 radical (unpaired) electrons. The highest BCUT2D eigenvalue weighted by molar-refractivity contribution is 5.76. The van der Waals surface area contributed by atoms with Gasteiger partial charge in [0.05, 0.1) is 6.61 Å². The maximum Gasteiger partial charge on any atom is 0.407 e. The number of carbonyl (C=O) groups excluding carboxylic acids is 1. The van der Waals surface area contributed by atoms with Gasteiger partial charge in [0, 0.05) is 13.1 Å². The van der Waals surface area contributed by atoms with Crippen molar-refractivity contribution in [1.29, 1.82) is 0 Å². The molecule has 0 aliphatic carbocycles. The van der Waals surface area contributed by atoms with Crippen LogP contribution in [0.2, 0.25) is 0 Å². The largest absolute Gasteiger partial charge is 0.465 e. The van der Waals surface area contributed by atoms with Gasteiger partial charge in [0.15, 0.2) is 0 Å². The summed E-state index contributed by atoms with van der Waals surface area (Å²) in [5.74, 6) is -0.447. The molecule has 1 rings (SSSR count). The van der Waals surface area contributed by atoms with Gasteiger partial charge in [0.2, 0.25) is 0 Å². The zero-order valence-electron chi connectivity index (χ0n) is 9.18. The normalized spacial score (nSPS) is 16.9. The predicted octanol–water partition coefficient (Wildman–Crippen LogP) is 0.187. The van der Waals surface area contributed by atoms with E-state index in [1.165, 1.54) is 4.90 Å². The summed E-state index contributed by atoms with van der Waals surface area (Å²) in [6.45, 7) is 2.70. The number of rotatable bonds is 4. The van der Waals surface area contributed by atoms with E-state index >= 15 is 0 Å². The number of carboxylic acid groups (broad SMARTS) is 1. The molecule has 1 heterocycles. The van der Waals surface area contributed by atoms with Crippen molar-refractivity contribution in [3.05, 3.63) is 11.6 Å². The maximum atomic E-state index is 11.2. The van der Waals surface area contributed by atoms with E-state index in [0.717, 1.165) is 5.57 Å². The van der Waals surface area contributed by atoms with E-state index < -0.39 is 18.1 Å². The Bertz CT molecular complexity index is 314. The predicted molar refractivity (Wildman–Crippen MR) is 56.9 cm³/mol. The van der Waals surface area contributed by atoms with Gasteiger partial charge in [-0.2, -0.15) is 0 Å². The zero-order valence-corrected chi connectivity index (χ0v) is 9.18. The molecular formula is C10H16N2O4. The van der Waals surface area contributed by atoms with Crippen LogP contribution in [-0.2, 0) is 9.53 Å². The first-order chi connectivity index (χ1) is 7.54. The lowest BCUT2D eigenvalue weighted by molar-refractivity contribution is -0.144. The Morgan fingerprint density at radius 3 is 2.88 bits per heavy atom. The van der Waals surface area contributed by atoms with E-state index in [0.29, 0.717) is 26.1 Å². The van der Waals surface area contributed by atoms with Crippen molar-refractivity contribution in [1.82, 2.24) is 4.90 Å². The molecule has 1 amide bonds. The molecule has 0 aromatic rings. The molecule has 16 heavy (non-hydrogen) atoms. The minimum absolute atomic E-state index is 0.298. The lowest BCUT2D eigenvalue weighted by Gasteiger charge is -2.13. The van der Waals surface area contributed by atoms with Gasteiger partial charge in [-0.15, -0.1) is 0 Å². The number of carbonyl (C=O) groups is 2. The SMILES string of the molecule is CCOC(=O)C(N)CC1=CCN(C(=O)O)C1. The van der Waals surface area contributed by atoms with Crippen LogP contribution in [0.15, 0.2) is 11.6 Å². The molecule has 0 saturated carbocycles. The monoisotopic (exact) mass is 228 g/mol. The number of hydrogen-bond acceptors (Lipinski definition) is 4. The summed E-state index contributed by atoms with van der Waals surface area (Å²) in [6.07, 6.45) is 1.17. The Morgan fingerprint density at radius 1 is 1.69 bits per heavy atom. The molecule has 6 heteroatoms. The Balaban J connectivity index is 2.39. The van der Waals surface area contributed by atoms with Crippen LogP contribution >= 0.6 is 0 Å². The van der Waals surface area contributed by atoms with Crippen LogP contribution in [0.3, 0.4) is 0 Å². The van der Waals surface area contributed by atoms with Gasteiger partial charge in [-0.25, -0.2) is 4.79 Å². The third-order valence-electron chi connectivity index (χ3n) is 2.34. The molecule has 0 fully saturated rings. The summed E-state index contributed by atoms with van der Waals surface area (Å²) in [6, 6.07) is -0.708. The van der Waals surface area contributed by atoms with Crippen LogP contribution in [0.25, 0.3) is 0 Å². The fourth-order valence-corrected chi connectivity index (χ4v) is 1.52. The molecule has 3 N–H and O–H groups in total. The molecular weight excluding hydrogens is 212 g/mol. The lowest BCUT2D eigenvalue weighted by Crippen LogP contribution is -2.34. The van der Waals surface area contributed by atoms with Crippen LogP contribution in [0.4, 0.5) is 4.79 Å². The topological polar surface area (TPSA) is 92.9 Å². The molecule has 0 saturated heterocycles. The van der Waals surface area contributed by atoms with Gasteiger partial charge >= 0.3 is 12.1 Å². The first-order valence-corrected chi connectivity index (χ1v) is 5.12. The van der Waals surface area contributed by atoms with Crippen LogP contribution in [-0.4, -0.2) is 47.8 Å². The second-order valence-electron chi connectivity index (χ2n) is 3.59. The first kappa shape index (κ1) is 12.5. The highest BCUT2D eigenvalue weighted by atomic mass is 16.5.